The van der Waals surface area contributed by atoms with Crippen LogP contribution in [0.15, 0.2) is 51.8 Å². The number of rotatable bonds is 6. The van der Waals surface area contributed by atoms with E-state index in [4.69, 9.17) is 4.74 Å². The van der Waals surface area contributed by atoms with Gasteiger partial charge in [0.05, 0.1) is 22.6 Å². The van der Waals surface area contributed by atoms with Crippen molar-refractivity contribution in [2.45, 2.75) is 20.2 Å². The van der Waals surface area contributed by atoms with Gasteiger partial charge < -0.3 is 10.1 Å². The van der Waals surface area contributed by atoms with Gasteiger partial charge in [0.15, 0.2) is 12.4 Å². The number of hydrogen-bond acceptors (Lipinski definition) is 4. The second-order valence-electron chi connectivity index (χ2n) is 5.13. The first-order valence-corrected chi connectivity index (χ1v) is 9.09. The average Bonchev–Trinajstić information content (AvgIpc) is 3.20. The maximum atomic E-state index is 12.3. The maximum absolute atomic E-state index is 12.3. The number of ether oxygens (including phenoxy) is 1. The van der Waals surface area contributed by atoms with Gasteiger partial charge in [-0.2, -0.15) is 10.2 Å². The second-order valence-corrected chi connectivity index (χ2v) is 6.90. The summed E-state index contributed by atoms with van der Waals surface area (Å²) in [6.07, 6.45) is 5.03. The number of benzene rings is 1. The summed E-state index contributed by atoms with van der Waals surface area (Å²) >= 11 is 6.72. The van der Waals surface area contributed by atoms with Gasteiger partial charge >= 0.3 is 0 Å². The number of nitrogens with zero attached hydrogens (tertiary/aromatic N) is 4. The normalized spacial score (nSPS) is 10.7. The fourth-order valence-electron chi connectivity index (χ4n) is 2.07. The lowest BCUT2D eigenvalue weighted by Crippen LogP contribution is -2.13. The van der Waals surface area contributed by atoms with Gasteiger partial charge in [0.2, 0.25) is 0 Å². The molecule has 0 radical (unpaired) electrons. The van der Waals surface area contributed by atoms with Gasteiger partial charge in [-0.15, -0.1) is 0 Å². The summed E-state index contributed by atoms with van der Waals surface area (Å²) in [6.45, 7) is 2.89. The van der Waals surface area contributed by atoms with E-state index in [1.165, 1.54) is 0 Å². The molecule has 25 heavy (non-hydrogen) atoms. The molecule has 7 nitrogen and oxygen atoms in total. The van der Waals surface area contributed by atoms with Crippen molar-refractivity contribution in [1.29, 1.82) is 0 Å². The molecule has 0 aliphatic heterocycles. The van der Waals surface area contributed by atoms with Gasteiger partial charge in [0, 0.05) is 17.2 Å². The van der Waals surface area contributed by atoms with Gasteiger partial charge in [0.1, 0.15) is 5.75 Å². The van der Waals surface area contributed by atoms with Crippen LogP contribution in [0.4, 0.5) is 5.69 Å². The molecular formula is C16H15Br2N5O2. The van der Waals surface area contributed by atoms with Crippen molar-refractivity contribution in [2.24, 2.45) is 0 Å². The molecule has 1 amide bonds. The average molecular weight is 469 g/mol. The summed E-state index contributed by atoms with van der Waals surface area (Å²) in [5, 5.41) is 11.2. The number of carbonyl (C=O) groups excluding carboxylic acids is 1. The molecular weight excluding hydrogens is 454 g/mol. The molecule has 0 fully saturated rings. The zero-order chi connectivity index (χ0) is 17.8. The quantitative estimate of drug-likeness (QED) is 0.595. The molecule has 2 aromatic heterocycles. The SMILES string of the molecule is CCn1cc(Br)c(C(=O)Nc2cnn(COc3ccc(Br)cc3)c2)n1. The Bertz CT molecular complexity index is 873. The Labute approximate surface area is 161 Å². The summed E-state index contributed by atoms with van der Waals surface area (Å²) in [5.41, 5.74) is 0.906. The van der Waals surface area contributed by atoms with Crippen LogP contribution in [0.3, 0.4) is 0 Å². The first-order valence-electron chi connectivity index (χ1n) is 7.50. The summed E-state index contributed by atoms with van der Waals surface area (Å²) in [7, 11) is 0. The fourth-order valence-corrected chi connectivity index (χ4v) is 2.83. The number of nitrogens with one attached hydrogen (secondary N) is 1. The summed E-state index contributed by atoms with van der Waals surface area (Å²) in [6, 6.07) is 7.52. The lowest BCUT2D eigenvalue weighted by molar-refractivity contribution is 0.102. The Morgan fingerprint density at radius 2 is 1.96 bits per heavy atom. The molecule has 0 aliphatic rings. The van der Waals surface area contributed by atoms with Crippen LogP contribution in [0.5, 0.6) is 5.75 Å². The number of carbonyl (C=O) groups is 1. The van der Waals surface area contributed by atoms with E-state index in [1.54, 1.807) is 28.0 Å². The van der Waals surface area contributed by atoms with Crippen molar-refractivity contribution in [3.8, 4) is 5.75 Å². The van der Waals surface area contributed by atoms with Crippen molar-refractivity contribution < 1.29 is 9.53 Å². The molecule has 9 heteroatoms. The van der Waals surface area contributed by atoms with Gasteiger partial charge in [0.25, 0.3) is 5.91 Å². The molecule has 0 spiro atoms. The van der Waals surface area contributed by atoms with Crippen LogP contribution < -0.4 is 10.1 Å². The largest absolute Gasteiger partial charge is 0.471 e. The van der Waals surface area contributed by atoms with Crippen molar-refractivity contribution >= 4 is 43.5 Å². The first kappa shape index (κ1) is 17.7. The van der Waals surface area contributed by atoms with Gasteiger partial charge in [-0.1, -0.05) is 15.9 Å². The molecule has 130 valence electrons. The Kier molecular flexibility index (Phi) is 5.54. The van der Waals surface area contributed by atoms with Crippen LogP contribution in [0.25, 0.3) is 0 Å². The van der Waals surface area contributed by atoms with E-state index in [1.807, 2.05) is 31.2 Å². The van der Waals surface area contributed by atoms with E-state index in [2.05, 4.69) is 47.4 Å². The van der Waals surface area contributed by atoms with E-state index in [0.29, 0.717) is 22.4 Å². The molecule has 0 saturated carbocycles. The highest BCUT2D eigenvalue weighted by Crippen LogP contribution is 2.18. The Hall–Kier alpha value is -2.13. The first-order chi connectivity index (χ1) is 12.0. The molecule has 3 aromatic rings. The summed E-state index contributed by atoms with van der Waals surface area (Å²) in [5.74, 6) is 0.436. The maximum Gasteiger partial charge on any atom is 0.277 e. The molecule has 0 atom stereocenters. The van der Waals surface area contributed by atoms with Crippen molar-refractivity contribution in [2.75, 3.05) is 5.32 Å². The monoisotopic (exact) mass is 467 g/mol. The Morgan fingerprint density at radius 3 is 2.64 bits per heavy atom. The second kappa shape index (κ2) is 7.83. The van der Waals surface area contributed by atoms with Crippen molar-refractivity contribution in [1.82, 2.24) is 19.6 Å². The van der Waals surface area contributed by atoms with Crippen LogP contribution in [-0.4, -0.2) is 25.5 Å². The van der Waals surface area contributed by atoms with Crippen LogP contribution in [-0.2, 0) is 13.3 Å². The van der Waals surface area contributed by atoms with Crippen LogP contribution >= 0.6 is 31.9 Å². The number of amides is 1. The standard InChI is InChI=1S/C16H15Br2N5O2/c1-2-22-9-14(18)15(21-22)16(24)20-12-7-19-23(8-12)10-25-13-5-3-11(17)4-6-13/h3-9H,2,10H2,1H3,(H,20,24). The summed E-state index contributed by atoms with van der Waals surface area (Å²) < 4.78 is 10.6. The molecule has 0 unspecified atom stereocenters. The van der Waals surface area contributed by atoms with Crippen molar-refractivity contribution in [3.63, 3.8) is 0 Å². The third-order valence-electron chi connectivity index (χ3n) is 3.32. The van der Waals surface area contributed by atoms with Crippen LogP contribution in [0, 0.1) is 0 Å². The van der Waals surface area contributed by atoms with Crippen LogP contribution in [0.2, 0.25) is 0 Å². The van der Waals surface area contributed by atoms with Gasteiger partial charge in [-0.3, -0.25) is 9.48 Å². The molecule has 1 aromatic carbocycles. The number of halogens is 2. The van der Waals surface area contributed by atoms with Gasteiger partial charge in [-0.25, -0.2) is 4.68 Å². The highest BCUT2D eigenvalue weighted by atomic mass is 79.9. The molecule has 0 aliphatic carbocycles. The van der Waals surface area contributed by atoms with E-state index in [-0.39, 0.29) is 12.6 Å². The number of hydrogen-bond donors (Lipinski definition) is 1. The topological polar surface area (TPSA) is 74.0 Å². The molecule has 1 N–H and O–H groups in total. The third kappa shape index (κ3) is 4.49. The highest BCUT2D eigenvalue weighted by molar-refractivity contribution is 9.10. The molecule has 2 heterocycles. The minimum Gasteiger partial charge on any atom is -0.471 e. The lowest BCUT2D eigenvalue weighted by atomic mass is 10.3. The summed E-state index contributed by atoms with van der Waals surface area (Å²) in [4.78, 5) is 12.3. The smallest absolute Gasteiger partial charge is 0.277 e. The highest BCUT2D eigenvalue weighted by Gasteiger charge is 2.15. The van der Waals surface area contributed by atoms with E-state index in [9.17, 15) is 4.79 Å². The predicted molar refractivity (Wildman–Crippen MR) is 101 cm³/mol. The fraction of sp³-hybridized carbons (Fsp3) is 0.188. The lowest BCUT2D eigenvalue weighted by Gasteiger charge is -2.05. The Morgan fingerprint density at radius 1 is 1.20 bits per heavy atom. The predicted octanol–water partition coefficient (Wildman–Crippen LogP) is 3.91. The zero-order valence-corrected chi connectivity index (χ0v) is 16.5. The van der Waals surface area contributed by atoms with Crippen LogP contribution in [0.1, 0.15) is 17.4 Å². The van der Waals surface area contributed by atoms with Crippen molar-refractivity contribution in [3.05, 3.63) is 57.5 Å². The number of aryl methyl sites for hydroxylation is 1. The van der Waals surface area contributed by atoms with Gasteiger partial charge in [-0.05, 0) is 47.1 Å². The number of aromatic nitrogens is 4. The van der Waals surface area contributed by atoms with E-state index < -0.39 is 0 Å². The Balaban J connectivity index is 1.60. The molecule has 0 saturated heterocycles. The van der Waals surface area contributed by atoms with E-state index >= 15 is 0 Å². The number of anilines is 1. The molecule has 3 rings (SSSR count). The zero-order valence-electron chi connectivity index (χ0n) is 13.3. The molecule has 0 bridgehead atoms. The minimum atomic E-state index is -0.299. The minimum absolute atomic E-state index is 0.242. The third-order valence-corrected chi connectivity index (χ3v) is 4.43. The van der Waals surface area contributed by atoms with E-state index in [0.717, 1.165) is 10.2 Å².